The molecule has 1 aliphatic rings. The molecule has 3 aromatic carbocycles. The molecule has 42 heavy (non-hydrogen) atoms. The second-order valence-corrected chi connectivity index (χ2v) is 13.4. The van der Waals surface area contributed by atoms with Gasteiger partial charge < -0.3 is 4.18 Å². The third-order valence-corrected chi connectivity index (χ3v) is 10.2. The van der Waals surface area contributed by atoms with Gasteiger partial charge in [0.1, 0.15) is 0 Å². The summed E-state index contributed by atoms with van der Waals surface area (Å²) >= 11 is 0. The van der Waals surface area contributed by atoms with Crippen LogP contribution in [0.15, 0.2) is 125 Å². The van der Waals surface area contributed by atoms with Crippen LogP contribution in [0.4, 0.5) is 0 Å². The average molecular weight is 629 g/mol. The van der Waals surface area contributed by atoms with Gasteiger partial charge in [-0.1, -0.05) is 91.0 Å². The monoisotopic (exact) mass is 628 g/mol. The average Bonchev–Trinajstić information content (AvgIpc) is 2.97. The molecule has 2 N–H and O–H groups in total. The van der Waals surface area contributed by atoms with Crippen molar-refractivity contribution in [3.8, 4) is 17.0 Å². The number of pyridine rings is 1. The Morgan fingerprint density at radius 3 is 1.64 bits per heavy atom. The minimum absolute atomic E-state index is 0.457. The minimum Gasteiger partial charge on any atom is -0.356 e. The van der Waals surface area contributed by atoms with Crippen LogP contribution < -0.4 is 4.18 Å². The van der Waals surface area contributed by atoms with Gasteiger partial charge >= 0.3 is 25.4 Å². The van der Waals surface area contributed by atoms with E-state index in [0.717, 1.165) is 24.3 Å². The van der Waals surface area contributed by atoms with Crippen LogP contribution in [0.5, 0.6) is 5.88 Å². The van der Waals surface area contributed by atoms with Crippen molar-refractivity contribution in [2.24, 2.45) is 15.2 Å². The van der Waals surface area contributed by atoms with Crippen LogP contribution in [0.1, 0.15) is 11.1 Å². The molecule has 5 rings (SSSR count). The third-order valence-electron chi connectivity index (χ3n) is 6.33. The summed E-state index contributed by atoms with van der Waals surface area (Å²) in [4.78, 5) is 0.710. The van der Waals surface area contributed by atoms with Crippen LogP contribution in [-0.4, -0.2) is 44.5 Å². The zero-order chi connectivity index (χ0) is 30.2. The SMILES string of the molecule is O=S(=O)(Oc1cc(-c2ccccc2)ccn1)C1=NC(c2ccccc2)(S(=O)(=O)O)C(c2ccccc2)(S(=O)(=O)O)N=N1. The van der Waals surface area contributed by atoms with Crippen molar-refractivity contribution in [2.45, 2.75) is 9.74 Å². The molecule has 2 atom stereocenters. The highest BCUT2D eigenvalue weighted by molar-refractivity contribution is 8.02. The molecule has 16 heteroatoms. The molecule has 0 bridgehead atoms. The lowest BCUT2D eigenvalue weighted by Crippen LogP contribution is -2.58. The molecule has 1 aliphatic heterocycles. The summed E-state index contributed by atoms with van der Waals surface area (Å²) in [5.41, 5.74) is 0.182. The molecule has 0 spiro atoms. The maximum Gasteiger partial charge on any atom is 0.378 e. The van der Waals surface area contributed by atoms with Crippen molar-refractivity contribution in [1.29, 1.82) is 0 Å². The molecule has 0 saturated heterocycles. The van der Waals surface area contributed by atoms with E-state index in [1.807, 2.05) is 0 Å². The molecular weight excluding hydrogens is 609 g/mol. The number of benzene rings is 3. The fraction of sp³-hybridized carbons (Fsp3) is 0.0769. The van der Waals surface area contributed by atoms with E-state index in [2.05, 4.69) is 20.2 Å². The quantitative estimate of drug-likeness (QED) is 0.224. The smallest absolute Gasteiger partial charge is 0.356 e. The van der Waals surface area contributed by atoms with Crippen molar-refractivity contribution in [3.63, 3.8) is 0 Å². The molecular formula is C26H20N4O9S3. The molecule has 0 fully saturated rings. The number of aromatic nitrogens is 1. The van der Waals surface area contributed by atoms with E-state index >= 15 is 0 Å². The Hall–Kier alpha value is -4.35. The van der Waals surface area contributed by atoms with E-state index in [0.29, 0.717) is 11.1 Å². The van der Waals surface area contributed by atoms with Crippen molar-refractivity contribution < 1.29 is 38.5 Å². The van der Waals surface area contributed by atoms with Crippen LogP contribution in [0.25, 0.3) is 11.1 Å². The molecule has 216 valence electrons. The van der Waals surface area contributed by atoms with Crippen LogP contribution in [0, 0.1) is 0 Å². The topological polar surface area (TPSA) is 202 Å². The van der Waals surface area contributed by atoms with Gasteiger partial charge in [0.15, 0.2) is 0 Å². The predicted octanol–water partition coefficient (Wildman–Crippen LogP) is 3.76. The van der Waals surface area contributed by atoms with Gasteiger partial charge in [0.2, 0.25) is 5.88 Å². The number of hydrogen-bond donors (Lipinski definition) is 2. The van der Waals surface area contributed by atoms with Gasteiger partial charge in [-0.2, -0.15) is 30.4 Å². The summed E-state index contributed by atoms with van der Waals surface area (Å²) < 4.78 is 106. The lowest BCUT2D eigenvalue weighted by molar-refractivity contribution is 0.320. The van der Waals surface area contributed by atoms with Gasteiger partial charge in [0.05, 0.1) is 0 Å². The molecule has 2 unspecified atom stereocenters. The van der Waals surface area contributed by atoms with Gasteiger partial charge in [-0.3, -0.25) is 9.11 Å². The van der Waals surface area contributed by atoms with Crippen LogP contribution in [-0.2, 0) is 40.1 Å². The predicted molar refractivity (Wildman–Crippen MR) is 151 cm³/mol. The highest BCUT2D eigenvalue weighted by Crippen LogP contribution is 2.55. The Labute approximate surface area is 240 Å². The van der Waals surface area contributed by atoms with Gasteiger partial charge in [-0.05, 0) is 17.2 Å². The van der Waals surface area contributed by atoms with Crippen molar-refractivity contribution in [1.82, 2.24) is 4.98 Å². The van der Waals surface area contributed by atoms with Gasteiger partial charge in [-0.25, -0.2) is 9.98 Å². The fourth-order valence-electron chi connectivity index (χ4n) is 4.53. The van der Waals surface area contributed by atoms with E-state index in [9.17, 15) is 34.4 Å². The van der Waals surface area contributed by atoms with Crippen LogP contribution >= 0.6 is 0 Å². The van der Waals surface area contributed by atoms with E-state index in [4.69, 9.17) is 4.18 Å². The Balaban J connectivity index is 1.75. The van der Waals surface area contributed by atoms with Crippen molar-refractivity contribution >= 4 is 35.5 Å². The first kappa shape index (κ1) is 29.2. The minimum atomic E-state index is -5.80. The van der Waals surface area contributed by atoms with Gasteiger partial charge in [0, 0.05) is 23.4 Å². The lowest BCUT2D eigenvalue weighted by atomic mass is 9.92. The number of azo groups is 1. The standard InChI is InChI=1S/C26H20N4O9S3/c31-40(32,39-23-18-20(16-17-27-23)19-10-4-1-5-11-19)24-28-25(41(33,34)35,21-12-6-2-7-13-21)26(30-29-24,42(36,37)38)22-14-8-3-9-15-22/h1-18H,(H,33,34,35)(H,36,37,38). The summed E-state index contributed by atoms with van der Waals surface area (Å²) in [5, 5.41) is 5.61. The summed E-state index contributed by atoms with van der Waals surface area (Å²) in [6, 6.07) is 24.1. The van der Waals surface area contributed by atoms with Crippen LogP contribution in [0.3, 0.4) is 0 Å². The van der Waals surface area contributed by atoms with Crippen molar-refractivity contribution in [3.05, 3.63) is 120 Å². The number of rotatable bonds is 7. The van der Waals surface area contributed by atoms with Crippen LogP contribution in [0.2, 0.25) is 0 Å². The Kier molecular flexibility index (Phi) is 7.28. The Bertz CT molecular complexity index is 2020. The Morgan fingerprint density at radius 1 is 0.619 bits per heavy atom. The maximum atomic E-state index is 13.4. The summed E-state index contributed by atoms with van der Waals surface area (Å²) in [7, 11) is -16.7. The molecule has 0 aliphatic carbocycles. The lowest BCUT2D eigenvalue weighted by Gasteiger charge is -2.41. The van der Waals surface area contributed by atoms with E-state index in [-0.39, 0.29) is 0 Å². The fourth-order valence-corrected chi connectivity index (χ4v) is 8.24. The van der Waals surface area contributed by atoms with Gasteiger partial charge in [0.25, 0.3) is 19.9 Å². The maximum absolute atomic E-state index is 13.4. The number of nitrogens with zero attached hydrogens (tertiary/aromatic N) is 4. The summed E-state index contributed by atoms with van der Waals surface area (Å²) in [5.74, 6) is -0.457. The molecule has 0 saturated carbocycles. The second-order valence-electron chi connectivity index (χ2n) is 8.85. The molecule has 1 aromatic heterocycles. The summed E-state index contributed by atoms with van der Waals surface area (Å²) in [6.45, 7) is 0. The molecule has 0 amide bonds. The van der Waals surface area contributed by atoms with Gasteiger partial charge in [-0.15, -0.1) is 5.11 Å². The Morgan fingerprint density at radius 2 is 1.12 bits per heavy atom. The highest BCUT2D eigenvalue weighted by Gasteiger charge is 2.72. The number of amidine groups is 1. The molecule has 4 aromatic rings. The third kappa shape index (κ3) is 4.78. The number of aliphatic imine (C=N–C) groups is 1. The number of hydrogen-bond acceptors (Lipinski definition) is 11. The second kappa shape index (κ2) is 10.5. The van der Waals surface area contributed by atoms with E-state index in [1.165, 1.54) is 48.7 Å². The first-order chi connectivity index (χ1) is 19.8. The highest BCUT2D eigenvalue weighted by atomic mass is 32.2. The normalized spacial score (nSPS) is 21.0. The largest absolute Gasteiger partial charge is 0.378 e. The zero-order valence-corrected chi connectivity index (χ0v) is 23.6. The molecule has 2 heterocycles. The summed E-state index contributed by atoms with van der Waals surface area (Å²) in [6.07, 6.45) is 1.27. The van der Waals surface area contributed by atoms with E-state index < -0.39 is 62.3 Å². The first-order valence-electron chi connectivity index (χ1n) is 11.9. The zero-order valence-electron chi connectivity index (χ0n) is 21.2. The van der Waals surface area contributed by atoms with Crippen molar-refractivity contribution in [2.75, 3.05) is 0 Å². The van der Waals surface area contributed by atoms with E-state index in [1.54, 1.807) is 36.4 Å². The first-order valence-corrected chi connectivity index (χ1v) is 16.1. The molecule has 0 radical (unpaired) electrons. The molecule has 13 nitrogen and oxygen atoms in total.